The molecule has 4 nitrogen and oxygen atoms in total. The van der Waals surface area contributed by atoms with Gasteiger partial charge in [0.05, 0.1) is 0 Å². The van der Waals surface area contributed by atoms with Gasteiger partial charge in [-0.2, -0.15) is 4.98 Å². The number of nitrogens with zero attached hydrogens (tertiary/aromatic N) is 2. The summed E-state index contributed by atoms with van der Waals surface area (Å²) in [7, 11) is 0. The van der Waals surface area contributed by atoms with Gasteiger partial charge in [-0.3, -0.25) is 0 Å². The lowest BCUT2D eigenvalue weighted by Crippen LogP contribution is -2.50. The minimum atomic E-state index is 0.391. The molecule has 112 valence electrons. The van der Waals surface area contributed by atoms with Crippen molar-refractivity contribution in [3.05, 3.63) is 48.5 Å². The third-order valence-corrected chi connectivity index (χ3v) is 4.24. The average molecular weight is 293 g/mol. The Bertz CT molecular complexity index is 781. The van der Waals surface area contributed by atoms with Crippen molar-refractivity contribution in [2.45, 2.75) is 13.0 Å². The number of hydrogen-bond acceptors (Lipinski definition) is 4. The zero-order chi connectivity index (χ0) is 14.9. The van der Waals surface area contributed by atoms with Gasteiger partial charge in [0.15, 0.2) is 5.58 Å². The average Bonchev–Trinajstić information content (AvgIpc) is 3.00. The SMILES string of the molecule is CC1CNCCN1c1nc2c(-c3ccccc3)cccc2o1. The van der Waals surface area contributed by atoms with Crippen LogP contribution in [0.4, 0.5) is 6.01 Å². The van der Waals surface area contributed by atoms with Crippen LogP contribution in [0.2, 0.25) is 0 Å². The van der Waals surface area contributed by atoms with E-state index in [9.17, 15) is 0 Å². The molecule has 3 aromatic rings. The molecule has 1 aliphatic rings. The summed E-state index contributed by atoms with van der Waals surface area (Å²) in [5.74, 6) is 0. The van der Waals surface area contributed by atoms with E-state index < -0.39 is 0 Å². The first-order valence-electron chi connectivity index (χ1n) is 7.75. The molecule has 2 aromatic carbocycles. The van der Waals surface area contributed by atoms with Crippen molar-refractivity contribution in [2.75, 3.05) is 24.5 Å². The van der Waals surface area contributed by atoms with Crippen LogP contribution < -0.4 is 10.2 Å². The minimum absolute atomic E-state index is 0.391. The van der Waals surface area contributed by atoms with Crippen LogP contribution in [0, 0.1) is 0 Å². The molecule has 0 saturated carbocycles. The summed E-state index contributed by atoms with van der Waals surface area (Å²) in [4.78, 5) is 7.04. The van der Waals surface area contributed by atoms with E-state index in [-0.39, 0.29) is 0 Å². The van der Waals surface area contributed by atoms with Crippen LogP contribution in [0.15, 0.2) is 52.9 Å². The second-order valence-corrected chi connectivity index (χ2v) is 5.76. The molecule has 0 aliphatic carbocycles. The Balaban J connectivity index is 1.81. The van der Waals surface area contributed by atoms with Crippen molar-refractivity contribution in [2.24, 2.45) is 0 Å². The Morgan fingerprint density at radius 2 is 2.00 bits per heavy atom. The van der Waals surface area contributed by atoms with Crippen LogP contribution in [0.25, 0.3) is 22.2 Å². The second-order valence-electron chi connectivity index (χ2n) is 5.76. The number of para-hydroxylation sites is 1. The van der Waals surface area contributed by atoms with Crippen LogP contribution >= 0.6 is 0 Å². The van der Waals surface area contributed by atoms with Crippen LogP contribution in [0.5, 0.6) is 0 Å². The zero-order valence-electron chi connectivity index (χ0n) is 12.6. The maximum absolute atomic E-state index is 6.03. The van der Waals surface area contributed by atoms with Gasteiger partial charge >= 0.3 is 0 Å². The van der Waals surface area contributed by atoms with Crippen molar-refractivity contribution in [1.82, 2.24) is 10.3 Å². The van der Waals surface area contributed by atoms with Crippen molar-refractivity contribution >= 4 is 17.1 Å². The summed E-state index contributed by atoms with van der Waals surface area (Å²) in [5, 5.41) is 3.39. The highest BCUT2D eigenvalue weighted by Gasteiger charge is 2.23. The Kier molecular flexibility index (Phi) is 3.31. The van der Waals surface area contributed by atoms with Gasteiger partial charge in [-0.15, -0.1) is 0 Å². The molecule has 0 spiro atoms. The smallest absolute Gasteiger partial charge is 0.298 e. The van der Waals surface area contributed by atoms with E-state index in [0.717, 1.165) is 42.3 Å². The number of rotatable bonds is 2. The first-order chi connectivity index (χ1) is 10.8. The summed E-state index contributed by atoms with van der Waals surface area (Å²) in [6, 6.07) is 17.6. The molecule has 0 radical (unpaired) electrons. The first-order valence-corrected chi connectivity index (χ1v) is 7.75. The summed E-state index contributed by atoms with van der Waals surface area (Å²) in [5.41, 5.74) is 4.08. The summed E-state index contributed by atoms with van der Waals surface area (Å²) >= 11 is 0. The molecular weight excluding hydrogens is 274 g/mol. The Hall–Kier alpha value is -2.33. The van der Waals surface area contributed by atoms with E-state index in [0.29, 0.717) is 6.04 Å². The largest absolute Gasteiger partial charge is 0.423 e. The van der Waals surface area contributed by atoms with Gasteiger partial charge in [-0.25, -0.2) is 0 Å². The predicted octanol–water partition coefficient (Wildman–Crippen LogP) is 3.29. The van der Waals surface area contributed by atoms with E-state index in [1.165, 1.54) is 5.56 Å². The van der Waals surface area contributed by atoms with Crippen molar-refractivity contribution in [3.63, 3.8) is 0 Å². The number of piperazine rings is 1. The standard InChI is InChI=1S/C18H19N3O/c1-13-12-19-10-11-21(13)18-20-17-15(8-5-9-16(17)22-18)14-6-3-2-4-7-14/h2-9,13,19H,10-12H2,1H3. The third kappa shape index (κ3) is 2.25. The summed E-state index contributed by atoms with van der Waals surface area (Å²) < 4.78 is 6.03. The molecule has 1 aromatic heterocycles. The number of fused-ring (bicyclic) bond motifs is 1. The van der Waals surface area contributed by atoms with Gasteiger partial charge < -0.3 is 14.6 Å². The molecule has 4 heteroatoms. The molecule has 0 amide bonds. The molecule has 1 unspecified atom stereocenters. The van der Waals surface area contributed by atoms with Crippen molar-refractivity contribution in [1.29, 1.82) is 0 Å². The van der Waals surface area contributed by atoms with Gasteiger partial charge in [-0.05, 0) is 18.6 Å². The fourth-order valence-corrected chi connectivity index (χ4v) is 3.04. The van der Waals surface area contributed by atoms with E-state index in [1.54, 1.807) is 0 Å². The lowest BCUT2D eigenvalue weighted by molar-refractivity contribution is 0.456. The highest BCUT2D eigenvalue weighted by molar-refractivity contribution is 5.91. The predicted molar refractivity (Wildman–Crippen MR) is 89.1 cm³/mol. The fraction of sp³-hybridized carbons (Fsp3) is 0.278. The van der Waals surface area contributed by atoms with Gasteiger partial charge in [0.2, 0.25) is 0 Å². The minimum Gasteiger partial charge on any atom is -0.423 e. The molecule has 2 heterocycles. The van der Waals surface area contributed by atoms with Crippen LogP contribution in [0.3, 0.4) is 0 Å². The zero-order valence-corrected chi connectivity index (χ0v) is 12.6. The Morgan fingerprint density at radius 1 is 1.14 bits per heavy atom. The van der Waals surface area contributed by atoms with E-state index in [4.69, 9.17) is 9.40 Å². The maximum Gasteiger partial charge on any atom is 0.298 e. The maximum atomic E-state index is 6.03. The molecule has 1 N–H and O–H groups in total. The lowest BCUT2D eigenvalue weighted by Gasteiger charge is -2.32. The molecule has 22 heavy (non-hydrogen) atoms. The lowest BCUT2D eigenvalue weighted by atomic mass is 10.0. The molecule has 1 saturated heterocycles. The van der Waals surface area contributed by atoms with E-state index in [2.05, 4.69) is 35.3 Å². The van der Waals surface area contributed by atoms with Gasteiger partial charge in [-0.1, -0.05) is 42.5 Å². The van der Waals surface area contributed by atoms with Crippen LogP contribution in [-0.4, -0.2) is 30.7 Å². The quantitative estimate of drug-likeness (QED) is 0.787. The number of hydrogen-bond donors (Lipinski definition) is 1. The summed E-state index contributed by atoms with van der Waals surface area (Å²) in [6.07, 6.45) is 0. The molecular formula is C18H19N3O. The van der Waals surface area contributed by atoms with E-state index in [1.807, 2.05) is 30.3 Å². The second kappa shape index (κ2) is 5.46. The number of oxazole rings is 1. The number of benzene rings is 2. The number of aromatic nitrogens is 1. The van der Waals surface area contributed by atoms with E-state index >= 15 is 0 Å². The van der Waals surface area contributed by atoms with Crippen LogP contribution in [-0.2, 0) is 0 Å². The molecule has 4 rings (SSSR count). The molecule has 1 fully saturated rings. The van der Waals surface area contributed by atoms with Gasteiger partial charge in [0, 0.05) is 31.2 Å². The first kappa shape index (κ1) is 13.3. The normalized spacial score (nSPS) is 18.8. The Morgan fingerprint density at radius 3 is 2.82 bits per heavy atom. The van der Waals surface area contributed by atoms with Crippen molar-refractivity contribution < 1.29 is 4.42 Å². The van der Waals surface area contributed by atoms with Crippen molar-refractivity contribution in [3.8, 4) is 11.1 Å². The number of nitrogens with one attached hydrogen (secondary N) is 1. The van der Waals surface area contributed by atoms with Crippen LogP contribution in [0.1, 0.15) is 6.92 Å². The molecule has 1 atom stereocenters. The van der Waals surface area contributed by atoms with Gasteiger partial charge in [0.1, 0.15) is 5.52 Å². The molecule has 1 aliphatic heterocycles. The molecule has 0 bridgehead atoms. The summed E-state index contributed by atoms with van der Waals surface area (Å²) in [6.45, 7) is 5.05. The monoisotopic (exact) mass is 293 g/mol. The third-order valence-electron chi connectivity index (χ3n) is 4.24. The fourth-order valence-electron chi connectivity index (χ4n) is 3.04. The highest BCUT2D eigenvalue weighted by atomic mass is 16.4. The highest BCUT2D eigenvalue weighted by Crippen LogP contribution is 2.31. The topological polar surface area (TPSA) is 41.3 Å². The Labute approximate surface area is 129 Å². The number of anilines is 1. The van der Waals surface area contributed by atoms with Gasteiger partial charge in [0.25, 0.3) is 6.01 Å².